The second kappa shape index (κ2) is 12.3. The Morgan fingerprint density at radius 3 is 1.90 bits per heavy atom. The van der Waals surface area contributed by atoms with Crippen LogP contribution in [0.2, 0.25) is 0 Å². The highest BCUT2D eigenvalue weighted by Crippen LogP contribution is 2.39. The molecule has 0 bridgehead atoms. The van der Waals surface area contributed by atoms with Crippen molar-refractivity contribution in [3.05, 3.63) is 174 Å². The summed E-state index contributed by atoms with van der Waals surface area (Å²) in [7, 11) is 0. The van der Waals surface area contributed by atoms with E-state index in [2.05, 4.69) is 154 Å². The minimum atomic E-state index is -0.288. The minimum Gasteiger partial charge on any atom is -0.344 e. The predicted octanol–water partition coefficient (Wildman–Crippen LogP) is 10.8. The van der Waals surface area contributed by atoms with Crippen LogP contribution in [0.25, 0.3) is 43.8 Å². The Morgan fingerprint density at radius 2 is 1.16 bits per heavy atom. The van der Waals surface area contributed by atoms with E-state index >= 15 is 0 Å². The number of nitrogens with zero attached hydrogens (tertiary/aromatic N) is 3. The summed E-state index contributed by atoms with van der Waals surface area (Å²) in [4.78, 5) is 15.6. The molecule has 6 aromatic carbocycles. The fraction of sp³-hybridized carbons (Fsp3) is 0.133. The van der Waals surface area contributed by atoms with Crippen LogP contribution in [0.5, 0.6) is 0 Å². The molecule has 1 atom stereocenters. The molecule has 238 valence electrons. The second-order valence-electron chi connectivity index (χ2n) is 13.8. The lowest BCUT2D eigenvalue weighted by molar-refractivity contribution is 0.569. The lowest BCUT2D eigenvalue weighted by Crippen LogP contribution is -2.33. The molecule has 0 radical (unpaired) electrons. The van der Waals surface area contributed by atoms with Crippen molar-refractivity contribution in [3.8, 4) is 22.3 Å². The molecule has 1 aromatic heterocycles. The predicted molar refractivity (Wildman–Crippen MR) is 205 cm³/mol. The van der Waals surface area contributed by atoms with Gasteiger partial charge in [0.1, 0.15) is 12.0 Å². The van der Waals surface area contributed by atoms with Crippen molar-refractivity contribution in [1.82, 2.24) is 10.3 Å². The number of rotatable bonds is 5. The standard InChI is InChI=1S/C45H38N4/c1-29-23-24-37(41(46-29)45(2,3)4)33-25-34(40-28-32-19-11-12-20-36(32)38-21-13-14-22-39(38)40)27-35(26-33)44-48-42(30-15-7-5-8-16-30)47-43(49-44)31-17-9-6-10-18-31/h5-28,42H,1-4H3,(H,47,48,49). The molecule has 49 heavy (non-hydrogen) atoms. The Kier molecular flexibility index (Phi) is 7.64. The van der Waals surface area contributed by atoms with Crippen molar-refractivity contribution in [2.75, 3.05) is 0 Å². The van der Waals surface area contributed by atoms with Crippen molar-refractivity contribution < 1.29 is 0 Å². The maximum Gasteiger partial charge on any atom is 0.159 e. The van der Waals surface area contributed by atoms with Gasteiger partial charge in [0.15, 0.2) is 5.84 Å². The lowest BCUT2D eigenvalue weighted by atomic mass is 9.84. The number of aryl methyl sites for hydroxylation is 1. The average molecular weight is 635 g/mol. The molecule has 0 aliphatic carbocycles. The van der Waals surface area contributed by atoms with E-state index in [9.17, 15) is 0 Å². The number of aromatic nitrogens is 1. The summed E-state index contributed by atoms with van der Waals surface area (Å²) in [6.07, 6.45) is -0.288. The van der Waals surface area contributed by atoms with Gasteiger partial charge in [-0.15, -0.1) is 0 Å². The zero-order chi connectivity index (χ0) is 33.5. The highest BCUT2D eigenvalue weighted by atomic mass is 15.2. The Hall–Kier alpha value is -5.87. The normalized spacial score (nSPS) is 14.7. The maximum absolute atomic E-state index is 5.27. The van der Waals surface area contributed by atoms with E-state index in [-0.39, 0.29) is 11.6 Å². The van der Waals surface area contributed by atoms with E-state index in [4.69, 9.17) is 15.0 Å². The molecule has 1 aliphatic heterocycles. The molecule has 1 aliphatic rings. The van der Waals surface area contributed by atoms with Crippen LogP contribution >= 0.6 is 0 Å². The summed E-state index contributed by atoms with van der Waals surface area (Å²) in [6, 6.07) is 51.5. The first-order chi connectivity index (χ1) is 23.8. The van der Waals surface area contributed by atoms with E-state index in [0.29, 0.717) is 5.84 Å². The zero-order valence-electron chi connectivity index (χ0n) is 28.3. The lowest BCUT2D eigenvalue weighted by Gasteiger charge is -2.25. The first-order valence-corrected chi connectivity index (χ1v) is 16.9. The number of nitrogens with one attached hydrogen (secondary N) is 1. The molecule has 0 amide bonds. The number of hydrogen-bond acceptors (Lipinski definition) is 4. The van der Waals surface area contributed by atoms with Gasteiger partial charge in [0, 0.05) is 27.8 Å². The number of aliphatic imine (C=N–C) groups is 2. The monoisotopic (exact) mass is 634 g/mol. The summed E-state index contributed by atoms with van der Waals surface area (Å²) in [5.41, 5.74) is 9.49. The first-order valence-electron chi connectivity index (χ1n) is 16.9. The molecular formula is C45H38N4. The van der Waals surface area contributed by atoms with Crippen molar-refractivity contribution in [3.63, 3.8) is 0 Å². The van der Waals surface area contributed by atoms with E-state index in [1.165, 1.54) is 27.1 Å². The Labute approximate surface area is 287 Å². The summed E-state index contributed by atoms with van der Waals surface area (Å²) in [6.45, 7) is 8.77. The number of hydrogen-bond donors (Lipinski definition) is 1. The quantitative estimate of drug-likeness (QED) is 0.192. The van der Waals surface area contributed by atoms with Crippen LogP contribution in [0.4, 0.5) is 0 Å². The molecule has 8 rings (SSSR count). The van der Waals surface area contributed by atoms with Crippen LogP contribution in [-0.2, 0) is 5.41 Å². The molecule has 7 aromatic rings. The second-order valence-corrected chi connectivity index (χ2v) is 13.8. The van der Waals surface area contributed by atoms with E-state index in [1.807, 2.05) is 24.3 Å². The molecule has 0 saturated heterocycles. The summed E-state index contributed by atoms with van der Waals surface area (Å²) in [5.74, 6) is 1.49. The highest BCUT2D eigenvalue weighted by molar-refractivity contribution is 6.16. The third kappa shape index (κ3) is 5.91. The topological polar surface area (TPSA) is 49.6 Å². The highest BCUT2D eigenvalue weighted by Gasteiger charge is 2.25. The van der Waals surface area contributed by atoms with Crippen molar-refractivity contribution in [2.45, 2.75) is 39.3 Å². The fourth-order valence-corrected chi connectivity index (χ4v) is 6.85. The van der Waals surface area contributed by atoms with Gasteiger partial charge in [-0.2, -0.15) is 0 Å². The third-order valence-corrected chi connectivity index (χ3v) is 9.23. The molecule has 0 saturated carbocycles. The fourth-order valence-electron chi connectivity index (χ4n) is 6.85. The maximum atomic E-state index is 5.27. The molecule has 0 spiro atoms. The van der Waals surface area contributed by atoms with Gasteiger partial charge in [0.05, 0.1) is 5.69 Å². The van der Waals surface area contributed by atoms with Gasteiger partial charge in [-0.3, -0.25) is 4.98 Å². The average Bonchev–Trinajstić information content (AvgIpc) is 3.14. The van der Waals surface area contributed by atoms with Crippen molar-refractivity contribution >= 4 is 33.2 Å². The van der Waals surface area contributed by atoms with E-state index < -0.39 is 0 Å². The molecule has 0 fully saturated rings. The number of amidine groups is 2. The summed E-state index contributed by atoms with van der Waals surface area (Å²) in [5, 5.41) is 8.52. The van der Waals surface area contributed by atoms with Crippen LogP contribution in [0.3, 0.4) is 0 Å². The summed E-state index contributed by atoms with van der Waals surface area (Å²) >= 11 is 0. The van der Waals surface area contributed by atoms with Crippen LogP contribution in [0, 0.1) is 6.92 Å². The van der Waals surface area contributed by atoms with Gasteiger partial charge < -0.3 is 5.32 Å². The van der Waals surface area contributed by atoms with Gasteiger partial charge >= 0.3 is 0 Å². The van der Waals surface area contributed by atoms with Gasteiger partial charge in [0.2, 0.25) is 0 Å². The molecule has 4 heteroatoms. The van der Waals surface area contributed by atoms with Gasteiger partial charge in [-0.25, -0.2) is 9.98 Å². The first kappa shape index (κ1) is 30.5. The Bertz CT molecular complexity index is 2400. The smallest absolute Gasteiger partial charge is 0.159 e. The minimum absolute atomic E-state index is 0.156. The number of benzene rings is 6. The van der Waals surface area contributed by atoms with Gasteiger partial charge in [-0.1, -0.05) is 136 Å². The Morgan fingerprint density at radius 1 is 0.551 bits per heavy atom. The van der Waals surface area contributed by atoms with Crippen LogP contribution in [-0.4, -0.2) is 16.7 Å². The molecule has 1 unspecified atom stereocenters. The molecule has 2 heterocycles. The van der Waals surface area contributed by atoms with Crippen molar-refractivity contribution in [2.24, 2.45) is 9.98 Å². The summed E-state index contributed by atoms with van der Waals surface area (Å²) < 4.78 is 0. The number of pyridine rings is 1. The molecule has 4 nitrogen and oxygen atoms in total. The van der Waals surface area contributed by atoms with Crippen LogP contribution in [0.15, 0.2) is 156 Å². The van der Waals surface area contributed by atoms with E-state index in [0.717, 1.165) is 50.6 Å². The van der Waals surface area contributed by atoms with Crippen LogP contribution in [0.1, 0.15) is 55.0 Å². The van der Waals surface area contributed by atoms with Crippen molar-refractivity contribution in [1.29, 1.82) is 0 Å². The number of fused-ring (bicyclic) bond motifs is 3. The SMILES string of the molecule is Cc1ccc(-c2cc(C3=NC(c4ccccc4)NC(c4ccccc4)=N3)cc(-c3cc4ccccc4c4ccccc34)c2)c(C(C)(C)C)n1. The zero-order valence-corrected chi connectivity index (χ0v) is 28.3. The molecular weight excluding hydrogens is 597 g/mol. The van der Waals surface area contributed by atoms with Gasteiger partial charge in [0.25, 0.3) is 0 Å². The molecule has 1 N–H and O–H groups in total. The largest absolute Gasteiger partial charge is 0.344 e. The van der Waals surface area contributed by atoms with Gasteiger partial charge in [-0.05, 0) is 81.1 Å². The third-order valence-electron chi connectivity index (χ3n) is 9.23. The van der Waals surface area contributed by atoms with Crippen LogP contribution < -0.4 is 5.32 Å². The Balaban J connectivity index is 1.41. The van der Waals surface area contributed by atoms with E-state index in [1.54, 1.807) is 0 Å².